The zero-order valence-electron chi connectivity index (χ0n) is 16.3. The summed E-state index contributed by atoms with van der Waals surface area (Å²) in [4.78, 5) is 14.6. The van der Waals surface area contributed by atoms with Crippen molar-refractivity contribution in [2.45, 2.75) is 36.7 Å². The van der Waals surface area contributed by atoms with Gasteiger partial charge < -0.3 is 14.4 Å². The molecular weight excluding hydrogens is 380 g/mol. The van der Waals surface area contributed by atoms with E-state index in [4.69, 9.17) is 9.47 Å². The number of ether oxygens (including phenoxy) is 2. The maximum absolute atomic E-state index is 12.8. The molecular formula is C20H28N2O5S. The van der Waals surface area contributed by atoms with Crippen molar-refractivity contribution in [2.75, 3.05) is 46.0 Å². The van der Waals surface area contributed by atoms with Crippen LogP contribution in [0.3, 0.4) is 0 Å². The van der Waals surface area contributed by atoms with Gasteiger partial charge in [0, 0.05) is 32.6 Å². The largest absolute Gasteiger partial charge is 0.378 e. The first-order valence-corrected chi connectivity index (χ1v) is 11.4. The molecule has 1 amide bonds. The molecule has 3 aliphatic heterocycles. The molecule has 0 aliphatic carbocycles. The molecule has 28 heavy (non-hydrogen) atoms. The molecule has 1 aromatic rings. The van der Waals surface area contributed by atoms with Crippen LogP contribution < -0.4 is 0 Å². The van der Waals surface area contributed by atoms with Crippen molar-refractivity contribution in [3.05, 3.63) is 29.8 Å². The second-order valence-electron chi connectivity index (χ2n) is 8.03. The maximum atomic E-state index is 12.8. The van der Waals surface area contributed by atoms with Crippen molar-refractivity contribution < 1.29 is 22.7 Å². The van der Waals surface area contributed by atoms with Crippen molar-refractivity contribution in [1.82, 2.24) is 9.21 Å². The number of nitrogens with zero attached hydrogens (tertiary/aromatic N) is 2. The molecule has 1 spiro atoms. The lowest BCUT2D eigenvalue weighted by molar-refractivity contribution is -0.136. The minimum absolute atomic E-state index is 0.147. The molecule has 3 aliphatic rings. The molecule has 1 atom stereocenters. The second-order valence-corrected chi connectivity index (χ2v) is 9.97. The minimum Gasteiger partial charge on any atom is -0.378 e. The summed E-state index contributed by atoms with van der Waals surface area (Å²) in [5.41, 5.74) is 0.692. The molecule has 3 heterocycles. The molecule has 0 saturated carbocycles. The Morgan fingerprint density at radius 2 is 1.86 bits per heavy atom. The normalized spacial score (nSPS) is 25.0. The van der Waals surface area contributed by atoms with E-state index >= 15 is 0 Å². The predicted molar refractivity (Wildman–Crippen MR) is 103 cm³/mol. The Morgan fingerprint density at radius 3 is 2.50 bits per heavy atom. The van der Waals surface area contributed by atoms with Crippen LogP contribution in [0.2, 0.25) is 0 Å². The Labute approximate surface area is 166 Å². The smallest absolute Gasteiger partial charge is 0.243 e. The van der Waals surface area contributed by atoms with E-state index in [1.807, 2.05) is 24.0 Å². The maximum Gasteiger partial charge on any atom is 0.243 e. The number of aryl methyl sites for hydroxylation is 1. The first-order valence-electron chi connectivity index (χ1n) is 10.0. The highest BCUT2D eigenvalue weighted by molar-refractivity contribution is 7.89. The fourth-order valence-electron chi connectivity index (χ4n) is 4.29. The first-order chi connectivity index (χ1) is 13.4. The molecule has 154 valence electrons. The number of sulfonamides is 1. The van der Waals surface area contributed by atoms with Gasteiger partial charge in [-0.05, 0) is 36.5 Å². The Morgan fingerprint density at radius 1 is 1.18 bits per heavy atom. The van der Waals surface area contributed by atoms with Crippen LogP contribution in [-0.4, -0.2) is 75.1 Å². The predicted octanol–water partition coefficient (Wildman–Crippen LogP) is 1.28. The SMILES string of the molecule is CCc1ccc(S(=O)(=O)N2CC3(CC(CC(=O)N4CCOCC4)CO3)C2)cc1. The summed E-state index contributed by atoms with van der Waals surface area (Å²) in [6, 6.07) is 7.08. The average Bonchev–Trinajstić information content (AvgIpc) is 3.12. The standard InChI is InChI=1S/C20H28N2O5S/c1-2-16-3-5-18(6-4-16)28(24,25)22-14-20(15-22)12-17(13-27-20)11-19(23)21-7-9-26-10-8-21/h3-6,17H,2,7-15H2,1H3. The number of morpholine rings is 1. The zero-order chi connectivity index (χ0) is 19.8. The van der Waals surface area contributed by atoms with Crippen LogP contribution >= 0.6 is 0 Å². The lowest BCUT2D eigenvalue weighted by Crippen LogP contribution is -2.63. The average molecular weight is 409 g/mol. The van der Waals surface area contributed by atoms with E-state index in [2.05, 4.69) is 0 Å². The summed E-state index contributed by atoms with van der Waals surface area (Å²) >= 11 is 0. The lowest BCUT2D eigenvalue weighted by atomic mass is 9.87. The third-order valence-electron chi connectivity index (χ3n) is 6.01. The van der Waals surface area contributed by atoms with Crippen molar-refractivity contribution in [1.29, 1.82) is 0 Å². The summed E-state index contributed by atoms with van der Waals surface area (Å²) in [6.07, 6.45) is 2.09. The van der Waals surface area contributed by atoms with Crippen LogP contribution in [0.15, 0.2) is 29.2 Å². The highest BCUT2D eigenvalue weighted by atomic mass is 32.2. The third-order valence-corrected chi connectivity index (χ3v) is 7.82. The van der Waals surface area contributed by atoms with E-state index in [1.54, 1.807) is 12.1 Å². The van der Waals surface area contributed by atoms with Gasteiger partial charge in [0.2, 0.25) is 15.9 Å². The summed E-state index contributed by atoms with van der Waals surface area (Å²) in [5.74, 6) is 0.304. The van der Waals surface area contributed by atoms with Crippen LogP contribution in [0.5, 0.6) is 0 Å². The molecule has 1 aromatic carbocycles. The third kappa shape index (κ3) is 3.83. The number of rotatable bonds is 5. The molecule has 3 saturated heterocycles. The van der Waals surface area contributed by atoms with E-state index in [9.17, 15) is 13.2 Å². The monoisotopic (exact) mass is 408 g/mol. The fraction of sp³-hybridized carbons (Fsp3) is 0.650. The highest BCUT2D eigenvalue weighted by Gasteiger charge is 2.53. The molecule has 3 fully saturated rings. The van der Waals surface area contributed by atoms with Crippen LogP contribution in [0.4, 0.5) is 0 Å². The number of amides is 1. The minimum atomic E-state index is -3.48. The van der Waals surface area contributed by atoms with Gasteiger partial charge in [0.1, 0.15) is 0 Å². The van der Waals surface area contributed by atoms with E-state index < -0.39 is 15.6 Å². The van der Waals surface area contributed by atoms with Gasteiger partial charge in [-0.15, -0.1) is 0 Å². The molecule has 8 heteroatoms. The van der Waals surface area contributed by atoms with Crippen LogP contribution in [0, 0.1) is 5.92 Å². The van der Waals surface area contributed by atoms with E-state index in [-0.39, 0.29) is 11.8 Å². The van der Waals surface area contributed by atoms with Crippen molar-refractivity contribution in [2.24, 2.45) is 5.92 Å². The quantitative estimate of drug-likeness (QED) is 0.734. The Bertz CT molecular complexity index is 812. The number of carbonyl (C=O) groups is 1. The Hall–Kier alpha value is -1.48. The van der Waals surface area contributed by atoms with E-state index in [0.29, 0.717) is 57.3 Å². The first kappa shape index (κ1) is 19.8. The highest BCUT2D eigenvalue weighted by Crippen LogP contribution is 2.41. The fourth-order valence-corrected chi connectivity index (χ4v) is 5.88. The van der Waals surface area contributed by atoms with Gasteiger partial charge in [-0.3, -0.25) is 4.79 Å². The zero-order valence-corrected chi connectivity index (χ0v) is 17.1. The molecule has 4 rings (SSSR count). The number of carbonyl (C=O) groups excluding carboxylic acids is 1. The Kier molecular flexibility index (Phi) is 5.48. The molecule has 0 radical (unpaired) electrons. The van der Waals surface area contributed by atoms with Crippen LogP contribution in [0.25, 0.3) is 0 Å². The van der Waals surface area contributed by atoms with Crippen molar-refractivity contribution >= 4 is 15.9 Å². The summed E-state index contributed by atoms with van der Waals surface area (Å²) < 4.78 is 38.4. The molecule has 7 nitrogen and oxygen atoms in total. The topological polar surface area (TPSA) is 76.2 Å². The molecule has 0 bridgehead atoms. The second kappa shape index (κ2) is 7.74. The summed E-state index contributed by atoms with van der Waals surface area (Å²) in [7, 11) is -3.48. The van der Waals surface area contributed by atoms with Crippen molar-refractivity contribution in [3.8, 4) is 0 Å². The van der Waals surface area contributed by atoms with Gasteiger partial charge in [0.25, 0.3) is 0 Å². The number of hydrogen-bond donors (Lipinski definition) is 0. The van der Waals surface area contributed by atoms with Gasteiger partial charge in [-0.1, -0.05) is 19.1 Å². The molecule has 1 unspecified atom stereocenters. The number of benzene rings is 1. The van der Waals surface area contributed by atoms with Gasteiger partial charge in [0.15, 0.2) is 0 Å². The summed E-state index contributed by atoms with van der Waals surface area (Å²) in [5, 5.41) is 0. The van der Waals surface area contributed by atoms with Gasteiger partial charge in [-0.2, -0.15) is 4.31 Å². The molecule has 0 aromatic heterocycles. The molecule has 0 N–H and O–H groups in total. The number of hydrogen-bond acceptors (Lipinski definition) is 5. The van der Waals surface area contributed by atoms with Crippen molar-refractivity contribution in [3.63, 3.8) is 0 Å². The summed E-state index contributed by atoms with van der Waals surface area (Å²) in [6.45, 7) is 5.81. The van der Waals surface area contributed by atoms with Gasteiger partial charge >= 0.3 is 0 Å². The van der Waals surface area contributed by atoms with Crippen LogP contribution in [-0.2, 0) is 30.7 Å². The van der Waals surface area contributed by atoms with E-state index in [1.165, 1.54) is 4.31 Å². The van der Waals surface area contributed by atoms with Gasteiger partial charge in [-0.25, -0.2) is 8.42 Å². The Balaban J connectivity index is 1.32. The van der Waals surface area contributed by atoms with Crippen LogP contribution in [0.1, 0.15) is 25.3 Å². The lowest BCUT2D eigenvalue weighted by Gasteiger charge is -2.46. The van der Waals surface area contributed by atoms with Gasteiger partial charge in [0.05, 0.1) is 30.3 Å². The van der Waals surface area contributed by atoms with E-state index in [0.717, 1.165) is 18.4 Å².